The summed E-state index contributed by atoms with van der Waals surface area (Å²) in [6.07, 6.45) is 3.65. The molecule has 5 rings (SSSR count). The molecule has 1 fully saturated rings. The minimum Gasteiger partial charge on any atom is -0.494 e. The Balaban J connectivity index is 1.64. The van der Waals surface area contributed by atoms with Crippen molar-refractivity contribution in [3.8, 4) is 11.4 Å². The molecule has 0 saturated carbocycles. The lowest BCUT2D eigenvalue weighted by Gasteiger charge is -2.29. The number of anilines is 1. The van der Waals surface area contributed by atoms with Gasteiger partial charge in [-0.15, -0.1) is 0 Å². The normalized spacial score (nSPS) is 17.8. The molecule has 7 heteroatoms. The third-order valence-corrected chi connectivity index (χ3v) is 6.03. The molecule has 33 heavy (non-hydrogen) atoms. The van der Waals surface area contributed by atoms with Gasteiger partial charge in [0.05, 0.1) is 24.0 Å². The second-order valence-corrected chi connectivity index (χ2v) is 8.06. The van der Waals surface area contributed by atoms with Gasteiger partial charge in [-0.05, 0) is 79.8 Å². The molecule has 0 spiro atoms. The van der Waals surface area contributed by atoms with Gasteiger partial charge in [-0.25, -0.2) is 4.39 Å². The van der Waals surface area contributed by atoms with Crippen molar-refractivity contribution >= 4 is 23.0 Å². The molecule has 1 aliphatic rings. The fraction of sp³-hybridized carbons (Fsp3) is 0.154. The van der Waals surface area contributed by atoms with Crippen LogP contribution in [0.3, 0.4) is 0 Å². The van der Waals surface area contributed by atoms with E-state index >= 15 is 0 Å². The quantitative estimate of drug-likeness (QED) is 0.382. The molecule has 5 nitrogen and oxygen atoms in total. The van der Waals surface area contributed by atoms with Crippen LogP contribution < -0.4 is 15.0 Å². The summed E-state index contributed by atoms with van der Waals surface area (Å²) in [5, 5.41) is 4.03. The van der Waals surface area contributed by atoms with Crippen molar-refractivity contribution < 1.29 is 9.13 Å². The van der Waals surface area contributed by atoms with E-state index in [0.717, 1.165) is 22.8 Å². The van der Waals surface area contributed by atoms with E-state index in [1.165, 1.54) is 6.07 Å². The number of nitrogens with zero attached hydrogens (tertiary/aromatic N) is 3. The lowest BCUT2D eigenvalue weighted by Crippen LogP contribution is -2.30. The van der Waals surface area contributed by atoms with E-state index in [4.69, 9.17) is 17.0 Å². The molecular formula is C26H23FN4OS. The van der Waals surface area contributed by atoms with Crippen molar-refractivity contribution in [2.75, 3.05) is 11.5 Å². The SMILES string of the molecule is CCOc1ccc(N2C(=S)N[C@@H](c3ccccn3)[C@H]2c2cccn2-c2ccccc2F)cc1. The predicted molar refractivity (Wildman–Crippen MR) is 131 cm³/mol. The molecule has 3 heterocycles. The van der Waals surface area contributed by atoms with Crippen LogP contribution in [-0.4, -0.2) is 21.3 Å². The number of para-hydroxylation sites is 1. The highest BCUT2D eigenvalue weighted by molar-refractivity contribution is 7.80. The first kappa shape index (κ1) is 21.2. The third-order valence-electron chi connectivity index (χ3n) is 5.72. The number of nitrogens with one attached hydrogen (secondary N) is 1. The number of hydrogen-bond acceptors (Lipinski definition) is 3. The lowest BCUT2D eigenvalue weighted by atomic mass is 10.0. The van der Waals surface area contributed by atoms with Gasteiger partial charge in [0.15, 0.2) is 5.11 Å². The fourth-order valence-electron chi connectivity index (χ4n) is 4.30. The van der Waals surface area contributed by atoms with Gasteiger partial charge in [-0.2, -0.15) is 0 Å². The molecule has 2 aromatic carbocycles. The van der Waals surface area contributed by atoms with E-state index in [0.29, 0.717) is 17.4 Å². The molecule has 4 aromatic rings. The highest BCUT2D eigenvalue weighted by Crippen LogP contribution is 2.42. The zero-order valence-corrected chi connectivity index (χ0v) is 18.9. The number of aromatic nitrogens is 2. The summed E-state index contributed by atoms with van der Waals surface area (Å²) in [6.45, 7) is 2.56. The van der Waals surface area contributed by atoms with Crippen LogP contribution in [-0.2, 0) is 0 Å². The first-order valence-corrected chi connectivity index (χ1v) is 11.2. The maximum Gasteiger partial charge on any atom is 0.174 e. The van der Waals surface area contributed by atoms with E-state index < -0.39 is 0 Å². The summed E-state index contributed by atoms with van der Waals surface area (Å²) in [5.74, 6) is 0.511. The Bertz CT molecular complexity index is 1260. The van der Waals surface area contributed by atoms with Crippen LogP contribution in [0.15, 0.2) is 91.3 Å². The fourth-order valence-corrected chi connectivity index (χ4v) is 4.65. The van der Waals surface area contributed by atoms with E-state index in [1.807, 2.05) is 78.4 Å². The molecule has 0 radical (unpaired) electrons. The van der Waals surface area contributed by atoms with Crippen molar-refractivity contribution in [1.82, 2.24) is 14.9 Å². The van der Waals surface area contributed by atoms with Gasteiger partial charge in [0.1, 0.15) is 17.6 Å². The van der Waals surface area contributed by atoms with Crippen LogP contribution in [0.5, 0.6) is 5.75 Å². The number of benzene rings is 2. The van der Waals surface area contributed by atoms with E-state index in [-0.39, 0.29) is 17.9 Å². The number of pyridine rings is 1. The van der Waals surface area contributed by atoms with E-state index in [9.17, 15) is 4.39 Å². The molecule has 0 unspecified atom stereocenters. The molecule has 2 aromatic heterocycles. The van der Waals surface area contributed by atoms with Crippen molar-refractivity contribution in [2.24, 2.45) is 0 Å². The molecular weight excluding hydrogens is 435 g/mol. The second kappa shape index (κ2) is 9.03. The topological polar surface area (TPSA) is 42.3 Å². The Labute approximate surface area is 197 Å². The highest BCUT2D eigenvalue weighted by atomic mass is 32.1. The standard InChI is InChI=1S/C26H23FN4OS/c1-2-32-19-14-12-18(13-15-19)31-25(24(29-26(31)33)21-9-5-6-16-28-21)23-11-7-17-30(23)22-10-4-3-8-20(22)27/h3-17,24-25H,2H2,1H3,(H,29,33)/t24-,25+/m0/s1. The number of thiocarbonyl (C=S) groups is 1. The van der Waals surface area contributed by atoms with E-state index in [1.54, 1.807) is 18.3 Å². The third kappa shape index (κ3) is 3.96. The molecule has 2 atom stereocenters. The van der Waals surface area contributed by atoms with Crippen LogP contribution >= 0.6 is 12.2 Å². The number of halogens is 1. The van der Waals surface area contributed by atoms with Crippen molar-refractivity contribution in [2.45, 2.75) is 19.0 Å². The van der Waals surface area contributed by atoms with Gasteiger partial charge >= 0.3 is 0 Å². The van der Waals surface area contributed by atoms with E-state index in [2.05, 4.69) is 15.2 Å². The average Bonchev–Trinajstić information content (AvgIpc) is 3.45. The Morgan fingerprint density at radius 3 is 2.52 bits per heavy atom. The summed E-state index contributed by atoms with van der Waals surface area (Å²) in [7, 11) is 0. The van der Waals surface area contributed by atoms with Crippen LogP contribution in [0.1, 0.15) is 30.4 Å². The molecule has 0 aliphatic carbocycles. The first-order valence-electron chi connectivity index (χ1n) is 10.8. The zero-order chi connectivity index (χ0) is 22.8. The van der Waals surface area contributed by atoms with Gasteiger partial charge in [-0.3, -0.25) is 4.98 Å². The molecule has 1 aliphatic heterocycles. The number of rotatable bonds is 6. The molecule has 166 valence electrons. The smallest absolute Gasteiger partial charge is 0.174 e. The molecule has 0 bridgehead atoms. The molecule has 1 saturated heterocycles. The minimum absolute atomic E-state index is 0.217. The molecule has 1 N–H and O–H groups in total. The number of ether oxygens (including phenoxy) is 1. The largest absolute Gasteiger partial charge is 0.494 e. The van der Waals surface area contributed by atoms with Gasteiger partial charge in [0.2, 0.25) is 0 Å². The summed E-state index contributed by atoms with van der Waals surface area (Å²) < 4.78 is 22.2. The molecule has 0 amide bonds. The Kier molecular flexibility index (Phi) is 5.79. The average molecular weight is 459 g/mol. The van der Waals surface area contributed by atoms with Crippen LogP contribution in [0.2, 0.25) is 0 Å². The second-order valence-electron chi connectivity index (χ2n) is 7.68. The predicted octanol–water partition coefficient (Wildman–Crippen LogP) is 5.59. The Morgan fingerprint density at radius 1 is 1.00 bits per heavy atom. The van der Waals surface area contributed by atoms with Crippen LogP contribution in [0, 0.1) is 5.82 Å². The minimum atomic E-state index is -0.287. The maximum absolute atomic E-state index is 14.8. The monoisotopic (exact) mass is 458 g/mol. The Morgan fingerprint density at radius 2 is 1.79 bits per heavy atom. The van der Waals surface area contributed by atoms with Crippen molar-refractivity contribution in [1.29, 1.82) is 0 Å². The summed E-state index contributed by atoms with van der Waals surface area (Å²) in [6, 6.07) is 23.9. The zero-order valence-electron chi connectivity index (χ0n) is 18.1. The van der Waals surface area contributed by atoms with Gasteiger partial charge < -0.3 is 19.5 Å². The maximum atomic E-state index is 14.8. The van der Waals surface area contributed by atoms with Crippen molar-refractivity contribution in [3.63, 3.8) is 0 Å². The summed E-state index contributed by atoms with van der Waals surface area (Å²) in [4.78, 5) is 6.66. The summed E-state index contributed by atoms with van der Waals surface area (Å²) in [5.41, 5.74) is 3.17. The van der Waals surface area contributed by atoms with Gasteiger partial charge in [0.25, 0.3) is 0 Å². The van der Waals surface area contributed by atoms with Gasteiger partial charge in [0, 0.05) is 23.8 Å². The number of hydrogen-bond donors (Lipinski definition) is 1. The van der Waals surface area contributed by atoms with Crippen LogP contribution in [0.25, 0.3) is 5.69 Å². The van der Waals surface area contributed by atoms with Crippen molar-refractivity contribution in [3.05, 3.63) is 108 Å². The Hall–Kier alpha value is -3.71. The van der Waals surface area contributed by atoms with Crippen LogP contribution in [0.4, 0.5) is 10.1 Å². The highest BCUT2D eigenvalue weighted by Gasteiger charge is 2.42. The first-order chi connectivity index (χ1) is 16.2. The summed E-state index contributed by atoms with van der Waals surface area (Å²) >= 11 is 5.79. The van der Waals surface area contributed by atoms with Gasteiger partial charge in [-0.1, -0.05) is 18.2 Å². The lowest BCUT2D eigenvalue weighted by molar-refractivity contribution is 0.340.